The molecule has 0 amide bonds. The van der Waals surface area contributed by atoms with Gasteiger partial charge in [-0.15, -0.1) is 0 Å². The number of hydrogen-bond acceptors (Lipinski definition) is 7. The highest BCUT2D eigenvalue weighted by molar-refractivity contribution is 5.98. The molecule has 0 atom stereocenters. The molecule has 1 saturated heterocycles. The maximum atomic E-state index is 13.0. The van der Waals surface area contributed by atoms with Crippen molar-refractivity contribution < 1.29 is 4.79 Å². The van der Waals surface area contributed by atoms with Gasteiger partial charge in [0.1, 0.15) is 11.6 Å². The molecule has 166 valence electrons. The number of carbonyl (C=O) groups is 1. The van der Waals surface area contributed by atoms with Crippen LogP contribution in [0.5, 0.6) is 0 Å². The average Bonchev–Trinajstić information content (AvgIpc) is 2.84. The van der Waals surface area contributed by atoms with Crippen molar-refractivity contribution in [2.24, 2.45) is 0 Å². The molecule has 7 heteroatoms. The first-order valence-electron chi connectivity index (χ1n) is 11.1. The van der Waals surface area contributed by atoms with Gasteiger partial charge in [-0.05, 0) is 54.4 Å². The molecule has 0 unspecified atom stereocenters. The van der Waals surface area contributed by atoms with Crippen LogP contribution in [0.15, 0.2) is 67.1 Å². The second kappa shape index (κ2) is 8.96. The summed E-state index contributed by atoms with van der Waals surface area (Å²) >= 11 is 0. The molecule has 1 aliphatic heterocycles. The second-order valence-corrected chi connectivity index (χ2v) is 8.50. The third kappa shape index (κ3) is 4.68. The Bertz CT molecular complexity index is 1300. The lowest BCUT2D eigenvalue weighted by atomic mass is 10.0. The standard InChI is InChI=1S/C26H26N6O/c1-31-8-10-32(11-9-31)26-14-19(6-7-28-26)24(33)15-23-13-22-12-18(2-3-21(22)16-29-23)20-4-5-25(27)30-17-20/h2-7,12-14,16-17H,8-11,15H2,1H3,(H2,27,30). The topological polar surface area (TPSA) is 88.2 Å². The summed E-state index contributed by atoms with van der Waals surface area (Å²) in [6.07, 6.45) is 5.56. The smallest absolute Gasteiger partial charge is 0.169 e. The van der Waals surface area contributed by atoms with Crippen molar-refractivity contribution in [3.8, 4) is 11.1 Å². The van der Waals surface area contributed by atoms with E-state index in [0.29, 0.717) is 11.4 Å². The molecule has 0 spiro atoms. The van der Waals surface area contributed by atoms with Gasteiger partial charge in [0.25, 0.3) is 0 Å². The number of piperazine rings is 1. The third-order valence-electron chi connectivity index (χ3n) is 6.13. The van der Waals surface area contributed by atoms with Gasteiger partial charge >= 0.3 is 0 Å². The highest BCUT2D eigenvalue weighted by Crippen LogP contribution is 2.25. The van der Waals surface area contributed by atoms with Crippen molar-refractivity contribution in [3.63, 3.8) is 0 Å². The number of pyridine rings is 3. The Morgan fingerprint density at radius 3 is 2.48 bits per heavy atom. The molecule has 7 nitrogen and oxygen atoms in total. The predicted molar refractivity (Wildman–Crippen MR) is 131 cm³/mol. The summed E-state index contributed by atoms with van der Waals surface area (Å²) in [5.41, 5.74) is 9.16. The molecule has 4 heterocycles. The molecule has 3 aromatic heterocycles. The van der Waals surface area contributed by atoms with Crippen LogP contribution in [0, 0.1) is 0 Å². The number of ketones is 1. The Kier molecular flexibility index (Phi) is 5.71. The fraction of sp³-hybridized carbons (Fsp3) is 0.231. The molecule has 33 heavy (non-hydrogen) atoms. The monoisotopic (exact) mass is 438 g/mol. The molecular formula is C26H26N6O. The molecule has 0 saturated carbocycles. The Morgan fingerprint density at radius 2 is 1.70 bits per heavy atom. The van der Waals surface area contributed by atoms with Crippen LogP contribution in [0.25, 0.3) is 21.9 Å². The lowest BCUT2D eigenvalue weighted by molar-refractivity contribution is 0.0992. The highest BCUT2D eigenvalue weighted by atomic mass is 16.1. The maximum absolute atomic E-state index is 13.0. The fourth-order valence-corrected chi connectivity index (χ4v) is 4.11. The maximum Gasteiger partial charge on any atom is 0.169 e. The van der Waals surface area contributed by atoms with E-state index in [1.54, 1.807) is 24.5 Å². The van der Waals surface area contributed by atoms with Crippen molar-refractivity contribution in [2.45, 2.75) is 6.42 Å². The molecular weight excluding hydrogens is 412 g/mol. The molecule has 0 radical (unpaired) electrons. The van der Waals surface area contributed by atoms with Crippen LogP contribution >= 0.6 is 0 Å². The number of fused-ring (bicyclic) bond motifs is 1. The van der Waals surface area contributed by atoms with E-state index in [9.17, 15) is 4.79 Å². The van der Waals surface area contributed by atoms with Crippen molar-refractivity contribution in [3.05, 3.63) is 78.4 Å². The number of anilines is 2. The average molecular weight is 439 g/mol. The number of hydrogen-bond donors (Lipinski definition) is 1. The third-order valence-corrected chi connectivity index (χ3v) is 6.13. The number of nitrogens with zero attached hydrogens (tertiary/aromatic N) is 5. The number of nitrogen functional groups attached to an aromatic ring is 1. The predicted octanol–water partition coefficient (Wildman–Crippen LogP) is 3.45. The van der Waals surface area contributed by atoms with E-state index in [1.807, 2.05) is 36.5 Å². The summed E-state index contributed by atoms with van der Waals surface area (Å²) in [5, 5.41) is 2.06. The van der Waals surface area contributed by atoms with E-state index in [-0.39, 0.29) is 12.2 Å². The largest absolute Gasteiger partial charge is 0.384 e. The molecule has 1 aliphatic rings. The minimum absolute atomic E-state index is 0.0403. The number of aromatic nitrogens is 3. The van der Waals surface area contributed by atoms with Gasteiger partial charge in [0, 0.05) is 67.0 Å². The van der Waals surface area contributed by atoms with E-state index < -0.39 is 0 Å². The van der Waals surface area contributed by atoms with Gasteiger partial charge in [-0.2, -0.15) is 0 Å². The zero-order chi connectivity index (χ0) is 22.8. The minimum atomic E-state index is 0.0403. The van der Waals surface area contributed by atoms with Gasteiger partial charge in [-0.1, -0.05) is 12.1 Å². The summed E-state index contributed by atoms with van der Waals surface area (Å²) in [4.78, 5) is 30.8. The van der Waals surface area contributed by atoms with Crippen LogP contribution in [0.3, 0.4) is 0 Å². The van der Waals surface area contributed by atoms with Crippen LogP contribution in [-0.2, 0) is 6.42 Å². The van der Waals surface area contributed by atoms with E-state index in [0.717, 1.165) is 59.6 Å². The molecule has 2 N–H and O–H groups in total. The first-order chi connectivity index (χ1) is 16.0. The van der Waals surface area contributed by atoms with Gasteiger partial charge in [0.2, 0.25) is 0 Å². The van der Waals surface area contributed by atoms with E-state index in [2.05, 4.69) is 37.9 Å². The molecule has 1 fully saturated rings. The number of likely N-dealkylation sites (N-methyl/N-ethyl adjacent to an activating group) is 1. The lowest BCUT2D eigenvalue weighted by Gasteiger charge is -2.33. The fourth-order valence-electron chi connectivity index (χ4n) is 4.11. The summed E-state index contributed by atoms with van der Waals surface area (Å²) in [6, 6.07) is 15.6. The Labute approximate surface area is 192 Å². The van der Waals surface area contributed by atoms with Crippen LogP contribution < -0.4 is 10.6 Å². The van der Waals surface area contributed by atoms with Crippen molar-refractivity contribution >= 4 is 28.2 Å². The number of carbonyl (C=O) groups excluding carboxylic acids is 1. The molecule has 5 rings (SSSR count). The van der Waals surface area contributed by atoms with E-state index >= 15 is 0 Å². The van der Waals surface area contributed by atoms with Gasteiger partial charge in [0.05, 0.1) is 6.42 Å². The van der Waals surface area contributed by atoms with Gasteiger partial charge < -0.3 is 15.5 Å². The van der Waals surface area contributed by atoms with Crippen LogP contribution in [0.2, 0.25) is 0 Å². The first kappa shape index (κ1) is 21.0. The van der Waals surface area contributed by atoms with Crippen molar-refractivity contribution in [1.82, 2.24) is 19.9 Å². The zero-order valence-electron chi connectivity index (χ0n) is 18.6. The SMILES string of the molecule is CN1CCN(c2cc(C(=O)Cc3cc4cc(-c5ccc(N)nc5)ccc4cn3)ccn2)CC1. The summed E-state index contributed by atoms with van der Waals surface area (Å²) < 4.78 is 0. The number of Topliss-reactive ketones (excluding diaryl/α,β-unsaturated/α-hetero) is 1. The summed E-state index contributed by atoms with van der Waals surface area (Å²) in [5.74, 6) is 1.40. The Morgan fingerprint density at radius 1 is 0.879 bits per heavy atom. The van der Waals surface area contributed by atoms with Crippen LogP contribution in [0.4, 0.5) is 11.6 Å². The molecule has 0 aliphatic carbocycles. The lowest BCUT2D eigenvalue weighted by Crippen LogP contribution is -2.44. The summed E-state index contributed by atoms with van der Waals surface area (Å²) in [6.45, 7) is 3.82. The zero-order valence-corrected chi connectivity index (χ0v) is 18.6. The Hall–Kier alpha value is -3.84. The van der Waals surface area contributed by atoms with Crippen LogP contribution in [0.1, 0.15) is 16.1 Å². The van der Waals surface area contributed by atoms with E-state index in [1.165, 1.54) is 0 Å². The van der Waals surface area contributed by atoms with Crippen LogP contribution in [-0.4, -0.2) is 58.9 Å². The first-order valence-corrected chi connectivity index (χ1v) is 11.1. The van der Waals surface area contributed by atoms with Gasteiger partial charge in [-0.3, -0.25) is 9.78 Å². The normalized spacial score (nSPS) is 14.5. The minimum Gasteiger partial charge on any atom is -0.384 e. The highest BCUT2D eigenvalue weighted by Gasteiger charge is 2.17. The second-order valence-electron chi connectivity index (χ2n) is 8.50. The molecule has 1 aromatic carbocycles. The number of nitrogens with two attached hydrogens (primary N) is 1. The molecule has 0 bridgehead atoms. The van der Waals surface area contributed by atoms with Crippen molar-refractivity contribution in [1.29, 1.82) is 0 Å². The van der Waals surface area contributed by atoms with E-state index in [4.69, 9.17) is 5.73 Å². The van der Waals surface area contributed by atoms with Gasteiger partial charge in [-0.25, -0.2) is 9.97 Å². The quantitative estimate of drug-likeness (QED) is 0.478. The van der Waals surface area contributed by atoms with Crippen molar-refractivity contribution in [2.75, 3.05) is 43.9 Å². The molecule has 4 aromatic rings. The number of benzene rings is 1. The Balaban J connectivity index is 1.36. The number of rotatable bonds is 5. The summed E-state index contributed by atoms with van der Waals surface area (Å²) in [7, 11) is 2.12. The van der Waals surface area contributed by atoms with Gasteiger partial charge in [0.15, 0.2) is 5.78 Å².